The molecule has 0 spiro atoms. The minimum Gasteiger partial charge on any atom is -0.381 e. The highest BCUT2D eigenvalue weighted by Crippen LogP contribution is 2.08. The summed E-state index contributed by atoms with van der Waals surface area (Å²) in [6.45, 7) is 3.86. The van der Waals surface area contributed by atoms with Crippen LogP contribution in [0.2, 0.25) is 0 Å². The maximum Gasteiger partial charge on any atom is 0.264 e. The van der Waals surface area contributed by atoms with Crippen LogP contribution in [0.15, 0.2) is 0 Å². The molecule has 0 aromatic heterocycles. The molecule has 0 aliphatic rings. The first-order chi connectivity index (χ1) is 10.1. The van der Waals surface area contributed by atoms with E-state index in [0.717, 1.165) is 38.9 Å². The fraction of sp³-hybridized carbons (Fsp3) is 1.00. The lowest BCUT2D eigenvalue weighted by Crippen LogP contribution is -2.03. The van der Waals surface area contributed by atoms with Crippen molar-refractivity contribution in [2.75, 3.05) is 19.0 Å². The Morgan fingerprint density at radius 1 is 0.714 bits per heavy atom. The summed E-state index contributed by atoms with van der Waals surface area (Å²) in [5, 5.41) is 0. The Bertz CT molecular complexity index is 301. The molecule has 0 aromatic carbocycles. The molecule has 0 atom stereocenters. The monoisotopic (exact) mass is 322 g/mol. The molecule has 21 heavy (non-hydrogen) atoms. The predicted molar refractivity (Wildman–Crippen MR) is 88.3 cm³/mol. The second kappa shape index (κ2) is 14.8. The van der Waals surface area contributed by atoms with Gasteiger partial charge in [-0.1, -0.05) is 64.7 Å². The molecule has 0 saturated heterocycles. The highest BCUT2D eigenvalue weighted by atomic mass is 32.2. The largest absolute Gasteiger partial charge is 0.381 e. The molecule has 128 valence electrons. The van der Waals surface area contributed by atoms with Crippen molar-refractivity contribution in [3.05, 3.63) is 0 Å². The highest BCUT2D eigenvalue weighted by Gasteiger charge is 2.02. The molecule has 0 amide bonds. The third-order valence-corrected chi connectivity index (χ3v) is 4.39. The molecule has 4 nitrogen and oxygen atoms in total. The van der Waals surface area contributed by atoms with Crippen LogP contribution in [0.3, 0.4) is 0 Å². The zero-order chi connectivity index (χ0) is 15.8. The van der Waals surface area contributed by atoms with E-state index in [1.165, 1.54) is 44.9 Å². The third-order valence-electron chi connectivity index (χ3n) is 3.58. The zero-order valence-electron chi connectivity index (χ0n) is 13.7. The molecule has 0 fully saturated rings. The molecule has 0 radical (unpaired) electrons. The van der Waals surface area contributed by atoms with E-state index in [-0.39, 0.29) is 5.75 Å². The molecule has 0 bridgehead atoms. The maximum atomic E-state index is 10.5. The standard InChI is InChI=1S/C16H34O4S/c1-2-3-4-5-6-7-8-11-14-20-15-12-9-10-13-16-21(17,18)19/h2-16H2,1H3,(H,17,18,19). The van der Waals surface area contributed by atoms with E-state index < -0.39 is 10.1 Å². The Hall–Kier alpha value is -0.130. The van der Waals surface area contributed by atoms with Crippen molar-refractivity contribution < 1.29 is 17.7 Å². The molecule has 0 heterocycles. The number of rotatable bonds is 16. The predicted octanol–water partition coefficient (Wildman–Crippen LogP) is 4.59. The zero-order valence-corrected chi connectivity index (χ0v) is 14.5. The quantitative estimate of drug-likeness (QED) is 0.333. The van der Waals surface area contributed by atoms with Gasteiger partial charge >= 0.3 is 0 Å². The fourth-order valence-corrected chi connectivity index (χ4v) is 2.85. The van der Waals surface area contributed by atoms with Crippen molar-refractivity contribution in [1.29, 1.82) is 0 Å². The van der Waals surface area contributed by atoms with Gasteiger partial charge < -0.3 is 4.74 Å². The summed E-state index contributed by atoms with van der Waals surface area (Å²) in [4.78, 5) is 0. The molecule has 0 aliphatic carbocycles. The molecule has 1 N–H and O–H groups in total. The van der Waals surface area contributed by atoms with Gasteiger partial charge in [0, 0.05) is 13.2 Å². The second-order valence-corrected chi connectivity index (χ2v) is 7.36. The maximum absolute atomic E-state index is 10.5. The second-order valence-electron chi connectivity index (χ2n) is 5.79. The van der Waals surface area contributed by atoms with Crippen molar-refractivity contribution >= 4 is 10.1 Å². The lowest BCUT2D eigenvalue weighted by Gasteiger charge is -2.04. The lowest BCUT2D eigenvalue weighted by atomic mass is 10.1. The molecule has 0 rings (SSSR count). The molecule has 5 heteroatoms. The first kappa shape index (κ1) is 20.9. The first-order valence-electron chi connectivity index (χ1n) is 8.59. The number of unbranched alkanes of at least 4 members (excludes halogenated alkanes) is 10. The van der Waals surface area contributed by atoms with E-state index in [1.807, 2.05) is 0 Å². The summed E-state index contributed by atoms with van der Waals surface area (Å²) in [6.07, 6.45) is 13.8. The Kier molecular flexibility index (Phi) is 14.7. The SMILES string of the molecule is CCCCCCCCCCOCCCCCCS(=O)(=O)O. The van der Waals surface area contributed by atoms with Crippen LogP contribution >= 0.6 is 0 Å². The van der Waals surface area contributed by atoms with E-state index in [0.29, 0.717) is 6.42 Å². The summed E-state index contributed by atoms with van der Waals surface area (Å²) in [7, 11) is -3.77. The van der Waals surface area contributed by atoms with E-state index >= 15 is 0 Å². The van der Waals surface area contributed by atoms with Gasteiger partial charge in [-0.3, -0.25) is 4.55 Å². The minimum atomic E-state index is -3.77. The molecule has 0 unspecified atom stereocenters. The smallest absolute Gasteiger partial charge is 0.264 e. The van der Waals surface area contributed by atoms with Gasteiger partial charge in [0.05, 0.1) is 5.75 Å². The number of hydrogen-bond acceptors (Lipinski definition) is 3. The third kappa shape index (κ3) is 19.9. The van der Waals surface area contributed by atoms with Crippen LogP contribution in [-0.4, -0.2) is 31.9 Å². The van der Waals surface area contributed by atoms with Gasteiger partial charge in [0.1, 0.15) is 0 Å². The van der Waals surface area contributed by atoms with Crippen molar-refractivity contribution in [3.63, 3.8) is 0 Å². The van der Waals surface area contributed by atoms with Crippen LogP contribution in [0, 0.1) is 0 Å². The van der Waals surface area contributed by atoms with Crippen molar-refractivity contribution in [2.24, 2.45) is 0 Å². The van der Waals surface area contributed by atoms with E-state index in [2.05, 4.69) is 6.92 Å². The summed E-state index contributed by atoms with van der Waals surface area (Å²) in [5.74, 6) is -0.119. The molecular formula is C16H34O4S. The normalized spacial score (nSPS) is 11.9. The van der Waals surface area contributed by atoms with Crippen LogP contribution in [0.4, 0.5) is 0 Å². The minimum absolute atomic E-state index is 0.119. The Balaban J connectivity index is 3.03. The Morgan fingerprint density at radius 2 is 1.14 bits per heavy atom. The molecule has 0 aromatic rings. The van der Waals surface area contributed by atoms with Crippen LogP contribution in [0.1, 0.15) is 84.0 Å². The van der Waals surface area contributed by atoms with Gasteiger partial charge in [-0.15, -0.1) is 0 Å². The van der Waals surface area contributed by atoms with Gasteiger partial charge in [-0.05, 0) is 19.3 Å². The van der Waals surface area contributed by atoms with Crippen molar-refractivity contribution in [3.8, 4) is 0 Å². The lowest BCUT2D eigenvalue weighted by molar-refractivity contribution is 0.125. The molecular weight excluding hydrogens is 288 g/mol. The van der Waals surface area contributed by atoms with Gasteiger partial charge in [0.2, 0.25) is 0 Å². The van der Waals surface area contributed by atoms with E-state index in [9.17, 15) is 8.42 Å². The first-order valence-corrected chi connectivity index (χ1v) is 10.2. The topological polar surface area (TPSA) is 63.6 Å². The number of hydrogen-bond donors (Lipinski definition) is 1. The van der Waals surface area contributed by atoms with Crippen LogP contribution in [0.5, 0.6) is 0 Å². The molecule has 0 saturated carbocycles. The van der Waals surface area contributed by atoms with E-state index in [4.69, 9.17) is 9.29 Å². The Labute approximate surface area is 131 Å². The van der Waals surface area contributed by atoms with Crippen molar-refractivity contribution in [1.82, 2.24) is 0 Å². The van der Waals surface area contributed by atoms with Crippen molar-refractivity contribution in [2.45, 2.75) is 84.0 Å². The fourth-order valence-electron chi connectivity index (χ4n) is 2.28. The summed E-state index contributed by atoms with van der Waals surface area (Å²) >= 11 is 0. The van der Waals surface area contributed by atoms with Gasteiger partial charge in [-0.25, -0.2) is 0 Å². The Morgan fingerprint density at radius 3 is 1.62 bits per heavy atom. The van der Waals surface area contributed by atoms with Crippen LogP contribution in [0.25, 0.3) is 0 Å². The highest BCUT2D eigenvalue weighted by molar-refractivity contribution is 7.85. The number of ether oxygens (including phenoxy) is 1. The van der Waals surface area contributed by atoms with E-state index in [1.54, 1.807) is 0 Å². The average Bonchev–Trinajstić information content (AvgIpc) is 2.42. The van der Waals surface area contributed by atoms with Gasteiger partial charge in [0.25, 0.3) is 10.1 Å². The summed E-state index contributed by atoms with van der Waals surface area (Å²) in [5.41, 5.74) is 0. The average molecular weight is 323 g/mol. The summed E-state index contributed by atoms with van der Waals surface area (Å²) in [6, 6.07) is 0. The summed E-state index contributed by atoms with van der Waals surface area (Å²) < 4.78 is 35.1. The molecule has 0 aliphatic heterocycles. The van der Waals surface area contributed by atoms with Crippen LogP contribution < -0.4 is 0 Å². The van der Waals surface area contributed by atoms with Gasteiger partial charge in [0.15, 0.2) is 0 Å². The van der Waals surface area contributed by atoms with Gasteiger partial charge in [-0.2, -0.15) is 8.42 Å². The van der Waals surface area contributed by atoms with Crippen LogP contribution in [-0.2, 0) is 14.9 Å².